The Morgan fingerprint density at radius 3 is 2.53 bits per heavy atom. The molecule has 0 aromatic rings. The first-order valence-electron chi connectivity index (χ1n) is 6.64. The third kappa shape index (κ3) is 11.6. The lowest BCUT2D eigenvalue weighted by molar-refractivity contribution is -0.120. The van der Waals surface area contributed by atoms with E-state index in [-0.39, 0.29) is 5.91 Å². The van der Waals surface area contributed by atoms with Gasteiger partial charge in [-0.2, -0.15) is 0 Å². The van der Waals surface area contributed by atoms with E-state index in [0.29, 0.717) is 31.7 Å². The lowest BCUT2D eigenvalue weighted by Crippen LogP contribution is -2.38. The maximum absolute atomic E-state index is 11.4. The van der Waals surface area contributed by atoms with E-state index in [1.807, 2.05) is 0 Å². The molecule has 102 valence electrons. The summed E-state index contributed by atoms with van der Waals surface area (Å²) in [6, 6.07) is 0.392. The fraction of sp³-hybridized carbons (Fsp3) is 0.923. The van der Waals surface area contributed by atoms with Gasteiger partial charge in [-0.25, -0.2) is 0 Å². The third-order valence-corrected chi connectivity index (χ3v) is 2.63. The predicted molar refractivity (Wildman–Crippen MR) is 71.0 cm³/mol. The molecule has 4 heteroatoms. The third-order valence-electron chi connectivity index (χ3n) is 2.63. The van der Waals surface area contributed by atoms with E-state index in [0.717, 1.165) is 19.4 Å². The summed E-state index contributed by atoms with van der Waals surface area (Å²) >= 11 is 0. The molecule has 0 aliphatic carbocycles. The molecule has 0 fully saturated rings. The molecular formula is C13H28N2O2. The van der Waals surface area contributed by atoms with Gasteiger partial charge < -0.3 is 15.4 Å². The Hall–Kier alpha value is -0.610. The molecule has 1 atom stereocenters. The molecule has 0 aromatic heterocycles. The fourth-order valence-corrected chi connectivity index (χ4v) is 1.16. The van der Waals surface area contributed by atoms with Crippen molar-refractivity contribution in [2.75, 3.05) is 26.3 Å². The van der Waals surface area contributed by atoms with Crippen molar-refractivity contribution in [3.05, 3.63) is 0 Å². The predicted octanol–water partition coefficient (Wildman–Crippen LogP) is 1.55. The average molecular weight is 244 g/mol. The summed E-state index contributed by atoms with van der Waals surface area (Å²) in [5.41, 5.74) is 0. The van der Waals surface area contributed by atoms with Crippen LogP contribution in [-0.2, 0) is 9.53 Å². The minimum Gasteiger partial charge on any atom is -0.380 e. The normalized spacial score (nSPS) is 12.8. The molecule has 0 saturated heterocycles. The van der Waals surface area contributed by atoms with Crippen molar-refractivity contribution in [1.29, 1.82) is 0 Å². The maximum Gasteiger partial charge on any atom is 0.234 e. The highest BCUT2D eigenvalue weighted by Gasteiger charge is 2.02. The van der Waals surface area contributed by atoms with Crippen LogP contribution in [0.15, 0.2) is 0 Å². The van der Waals surface area contributed by atoms with Crippen LogP contribution < -0.4 is 10.6 Å². The largest absolute Gasteiger partial charge is 0.380 e. The van der Waals surface area contributed by atoms with E-state index >= 15 is 0 Å². The van der Waals surface area contributed by atoms with Gasteiger partial charge in [0, 0.05) is 19.2 Å². The minimum absolute atomic E-state index is 0.0396. The van der Waals surface area contributed by atoms with Crippen LogP contribution in [0.25, 0.3) is 0 Å². The monoisotopic (exact) mass is 244 g/mol. The number of hydrogen-bond acceptors (Lipinski definition) is 3. The van der Waals surface area contributed by atoms with Gasteiger partial charge in [-0.3, -0.25) is 4.79 Å². The Morgan fingerprint density at radius 2 is 1.94 bits per heavy atom. The second-order valence-electron chi connectivity index (χ2n) is 4.84. The van der Waals surface area contributed by atoms with Crippen LogP contribution in [0.4, 0.5) is 0 Å². The van der Waals surface area contributed by atoms with E-state index in [4.69, 9.17) is 4.74 Å². The first-order valence-corrected chi connectivity index (χ1v) is 6.64. The van der Waals surface area contributed by atoms with Crippen LogP contribution in [0.3, 0.4) is 0 Å². The Balaban J connectivity index is 3.28. The zero-order valence-electron chi connectivity index (χ0n) is 11.7. The molecule has 0 rings (SSSR count). The number of nitrogens with one attached hydrogen (secondary N) is 2. The molecule has 2 N–H and O–H groups in total. The van der Waals surface area contributed by atoms with Gasteiger partial charge in [0.2, 0.25) is 5.91 Å². The highest BCUT2D eigenvalue weighted by atomic mass is 16.5. The Kier molecular flexibility index (Phi) is 10.2. The number of carbonyl (C=O) groups excluding carboxylic acids is 1. The fourth-order valence-electron chi connectivity index (χ4n) is 1.16. The van der Waals surface area contributed by atoms with E-state index in [9.17, 15) is 4.79 Å². The summed E-state index contributed by atoms with van der Waals surface area (Å²) in [6.07, 6.45) is 2.11. The lowest BCUT2D eigenvalue weighted by atomic mass is 10.1. The van der Waals surface area contributed by atoms with Gasteiger partial charge in [-0.1, -0.05) is 20.8 Å². The van der Waals surface area contributed by atoms with Gasteiger partial charge in [0.25, 0.3) is 0 Å². The zero-order chi connectivity index (χ0) is 13.1. The van der Waals surface area contributed by atoms with E-state index in [1.54, 1.807) is 0 Å². The topological polar surface area (TPSA) is 50.4 Å². The molecule has 0 heterocycles. The van der Waals surface area contributed by atoms with E-state index in [1.165, 1.54) is 0 Å². The quantitative estimate of drug-likeness (QED) is 0.573. The van der Waals surface area contributed by atoms with Crippen molar-refractivity contribution in [3.63, 3.8) is 0 Å². The number of amides is 1. The van der Waals surface area contributed by atoms with Crippen LogP contribution in [0.5, 0.6) is 0 Å². The molecule has 0 aliphatic rings. The molecule has 1 amide bonds. The van der Waals surface area contributed by atoms with Gasteiger partial charge in [0.05, 0.1) is 13.2 Å². The second-order valence-corrected chi connectivity index (χ2v) is 4.84. The standard InChI is InChI=1S/C13H28N2O2/c1-5-12(4)15-10-13(16)14-7-9-17-8-6-11(2)3/h11-12,15H,5-10H2,1-4H3,(H,14,16). The molecule has 0 aliphatic heterocycles. The van der Waals surface area contributed by atoms with Crippen molar-refractivity contribution in [3.8, 4) is 0 Å². The van der Waals surface area contributed by atoms with Gasteiger partial charge in [0.1, 0.15) is 0 Å². The molecule has 0 bridgehead atoms. The van der Waals surface area contributed by atoms with Gasteiger partial charge in [0.15, 0.2) is 0 Å². The lowest BCUT2D eigenvalue weighted by Gasteiger charge is -2.11. The number of hydrogen-bond donors (Lipinski definition) is 2. The van der Waals surface area contributed by atoms with Gasteiger partial charge in [-0.05, 0) is 25.7 Å². The molecule has 0 saturated carbocycles. The highest BCUT2D eigenvalue weighted by molar-refractivity contribution is 5.77. The SMILES string of the molecule is CCC(C)NCC(=O)NCCOCCC(C)C. The van der Waals surface area contributed by atoms with Crippen molar-refractivity contribution in [1.82, 2.24) is 10.6 Å². The average Bonchev–Trinajstić information content (AvgIpc) is 2.30. The molecular weight excluding hydrogens is 216 g/mol. The molecule has 0 radical (unpaired) electrons. The smallest absolute Gasteiger partial charge is 0.234 e. The number of ether oxygens (including phenoxy) is 1. The molecule has 17 heavy (non-hydrogen) atoms. The zero-order valence-corrected chi connectivity index (χ0v) is 11.7. The first-order chi connectivity index (χ1) is 8.06. The van der Waals surface area contributed by atoms with Crippen molar-refractivity contribution in [2.24, 2.45) is 5.92 Å². The number of rotatable bonds is 10. The Labute approximate surface area is 105 Å². The molecule has 1 unspecified atom stereocenters. The molecule has 4 nitrogen and oxygen atoms in total. The molecule has 0 spiro atoms. The number of carbonyl (C=O) groups is 1. The first kappa shape index (κ1) is 16.4. The Morgan fingerprint density at radius 1 is 1.24 bits per heavy atom. The van der Waals surface area contributed by atoms with Crippen LogP contribution >= 0.6 is 0 Å². The maximum atomic E-state index is 11.4. The van der Waals surface area contributed by atoms with E-state index < -0.39 is 0 Å². The summed E-state index contributed by atoms with van der Waals surface area (Å²) in [6.45, 7) is 10.9. The van der Waals surface area contributed by atoms with Crippen LogP contribution in [0.2, 0.25) is 0 Å². The van der Waals surface area contributed by atoms with Crippen molar-refractivity contribution < 1.29 is 9.53 Å². The van der Waals surface area contributed by atoms with Crippen molar-refractivity contribution in [2.45, 2.75) is 46.6 Å². The molecule has 0 aromatic carbocycles. The second kappa shape index (κ2) is 10.5. The summed E-state index contributed by atoms with van der Waals surface area (Å²) in [5.74, 6) is 0.710. The minimum atomic E-state index is 0.0396. The van der Waals surface area contributed by atoms with Crippen molar-refractivity contribution >= 4 is 5.91 Å². The Bertz CT molecular complexity index is 196. The highest BCUT2D eigenvalue weighted by Crippen LogP contribution is 1.98. The summed E-state index contributed by atoms with van der Waals surface area (Å²) in [5, 5.41) is 5.97. The van der Waals surface area contributed by atoms with Crippen LogP contribution in [-0.4, -0.2) is 38.3 Å². The van der Waals surface area contributed by atoms with Crippen LogP contribution in [0.1, 0.15) is 40.5 Å². The summed E-state index contributed by atoms with van der Waals surface area (Å²) in [7, 11) is 0. The van der Waals surface area contributed by atoms with Gasteiger partial charge in [-0.15, -0.1) is 0 Å². The van der Waals surface area contributed by atoms with Gasteiger partial charge >= 0.3 is 0 Å². The summed E-state index contributed by atoms with van der Waals surface area (Å²) < 4.78 is 5.41. The summed E-state index contributed by atoms with van der Waals surface area (Å²) in [4.78, 5) is 11.4. The van der Waals surface area contributed by atoms with Crippen LogP contribution in [0, 0.1) is 5.92 Å². The van der Waals surface area contributed by atoms with E-state index in [2.05, 4.69) is 38.3 Å².